The Bertz CT molecular complexity index is 482. The van der Waals surface area contributed by atoms with Gasteiger partial charge in [0.25, 0.3) is 5.91 Å². The van der Waals surface area contributed by atoms with Crippen LogP contribution in [0, 0.1) is 6.92 Å². The molecule has 0 unspecified atom stereocenters. The molecule has 6 heteroatoms. The first-order valence-electron chi connectivity index (χ1n) is 6.92. The molecule has 20 heavy (non-hydrogen) atoms. The molecule has 1 aromatic heterocycles. The van der Waals surface area contributed by atoms with Crippen LogP contribution in [0.25, 0.3) is 0 Å². The van der Waals surface area contributed by atoms with Crippen molar-refractivity contribution in [1.82, 2.24) is 20.0 Å². The lowest BCUT2D eigenvalue weighted by molar-refractivity contribution is -0.121. The van der Waals surface area contributed by atoms with Gasteiger partial charge in [-0.3, -0.25) is 14.3 Å². The molecular formula is C14H24N4O2. The molecule has 1 N–H and O–H groups in total. The van der Waals surface area contributed by atoms with E-state index in [2.05, 4.69) is 17.3 Å². The van der Waals surface area contributed by atoms with Crippen molar-refractivity contribution in [2.75, 3.05) is 14.1 Å². The van der Waals surface area contributed by atoms with E-state index in [0.717, 1.165) is 18.7 Å². The largest absolute Gasteiger partial charge is 0.359 e. The molecule has 112 valence electrons. The highest BCUT2D eigenvalue weighted by atomic mass is 16.2. The molecule has 0 radical (unpaired) electrons. The average Bonchev–Trinajstić information content (AvgIpc) is 2.78. The smallest absolute Gasteiger partial charge is 0.257 e. The van der Waals surface area contributed by atoms with Crippen molar-refractivity contribution < 1.29 is 9.59 Å². The van der Waals surface area contributed by atoms with Crippen molar-refractivity contribution in [2.45, 2.75) is 46.2 Å². The van der Waals surface area contributed by atoms with Crippen LogP contribution in [0.1, 0.15) is 42.7 Å². The minimum absolute atomic E-state index is 0.0736. The maximum Gasteiger partial charge on any atom is 0.257 e. The van der Waals surface area contributed by atoms with Gasteiger partial charge in [0.2, 0.25) is 5.91 Å². The van der Waals surface area contributed by atoms with E-state index in [1.165, 1.54) is 0 Å². The van der Waals surface area contributed by atoms with Gasteiger partial charge in [-0.2, -0.15) is 5.10 Å². The quantitative estimate of drug-likeness (QED) is 0.851. The summed E-state index contributed by atoms with van der Waals surface area (Å²) in [7, 11) is 3.31. The maximum atomic E-state index is 12.4. The molecule has 0 spiro atoms. The van der Waals surface area contributed by atoms with E-state index in [-0.39, 0.29) is 17.9 Å². The zero-order valence-corrected chi connectivity index (χ0v) is 12.9. The molecular weight excluding hydrogens is 256 g/mol. The highest BCUT2D eigenvalue weighted by molar-refractivity contribution is 5.95. The summed E-state index contributed by atoms with van der Waals surface area (Å²) in [6, 6.07) is -0.156. The molecule has 1 heterocycles. The van der Waals surface area contributed by atoms with Gasteiger partial charge in [-0.05, 0) is 20.3 Å². The Kier molecular flexibility index (Phi) is 5.73. The Morgan fingerprint density at radius 1 is 1.50 bits per heavy atom. The van der Waals surface area contributed by atoms with Crippen molar-refractivity contribution in [3.8, 4) is 0 Å². The lowest BCUT2D eigenvalue weighted by atomic mass is 10.1. The van der Waals surface area contributed by atoms with Crippen LogP contribution >= 0.6 is 0 Å². The van der Waals surface area contributed by atoms with Crippen LogP contribution in [0.4, 0.5) is 0 Å². The van der Waals surface area contributed by atoms with Crippen LogP contribution in [0.5, 0.6) is 0 Å². The molecule has 0 aliphatic carbocycles. The Morgan fingerprint density at radius 3 is 2.70 bits per heavy atom. The number of hydrogen-bond donors (Lipinski definition) is 1. The first-order chi connectivity index (χ1) is 9.40. The fourth-order valence-corrected chi connectivity index (χ4v) is 1.97. The highest BCUT2D eigenvalue weighted by Gasteiger charge is 2.22. The van der Waals surface area contributed by atoms with Crippen molar-refractivity contribution in [1.29, 1.82) is 0 Å². The maximum absolute atomic E-state index is 12.4. The van der Waals surface area contributed by atoms with Gasteiger partial charge in [-0.15, -0.1) is 0 Å². The van der Waals surface area contributed by atoms with Gasteiger partial charge in [0.15, 0.2) is 0 Å². The number of rotatable bonds is 6. The topological polar surface area (TPSA) is 67.2 Å². The third-order valence-electron chi connectivity index (χ3n) is 3.37. The molecule has 0 aromatic carbocycles. The molecule has 1 atom stereocenters. The summed E-state index contributed by atoms with van der Waals surface area (Å²) in [5.41, 5.74) is 1.33. The van der Waals surface area contributed by atoms with Crippen molar-refractivity contribution >= 4 is 11.8 Å². The van der Waals surface area contributed by atoms with E-state index >= 15 is 0 Å². The average molecular weight is 280 g/mol. The molecule has 0 aliphatic heterocycles. The van der Waals surface area contributed by atoms with Crippen LogP contribution in [0.3, 0.4) is 0 Å². The molecule has 1 aromatic rings. The lowest BCUT2D eigenvalue weighted by Gasteiger charge is -2.24. The van der Waals surface area contributed by atoms with Gasteiger partial charge in [0.05, 0.1) is 11.3 Å². The Hall–Kier alpha value is -1.85. The standard InChI is InChI=1S/C14H24N4O2/c1-6-7-18-9-12(11(3)16-18)14(20)17(5)10(2)8-13(19)15-4/h9-10H,6-8H2,1-5H3,(H,15,19)/t10-/m0/s1. The summed E-state index contributed by atoms with van der Waals surface area (Å²) in [5.74, 6) is -0.170. The second kappa shape index (κ2) is 7.07. The van der Waals surface area contributed by atoms with Crippen LogP contribution in [-0.4, -0.2) is 46.6 Å². The van der Waals surface area contributed by atoms with Crippen LogP contribution in [0.15, 0.2) is 6.20 Å². The summed E-state index contributed by atoms with van der Waals surface area (Å²) in [6.45, 7) is 6.55. The molecule has 2 amide bonds. The third-order valence-corrected chi connectivity index (χ3v) is 3.37. The summed E-state index contributed by atoms with van der Waals surface area (Å²) < 4.78 is 1.79. The Labute approximate surface area is 120 Å². The summed E-state index contributed by atoms with van der Waals surface area (Å²) in [6.07, 6.45) is 3.04. The molecule has 0 saturated carbocycles. The van der Waals surface area contributed by atoms with Crippen molar-refractivity contribution in [2.24, 2.45) is 0 Å². The van der Waals surface area contributed by atoms with E-state index in [1.807, 2.05) is 13.8 Å². The zero-order chi connectivity index (χ0) is 15.3. The predicted octanol–water partition coefficient (Wildman–Crippen LogP) is 1.20. The number of nitrogens with one attached hydrogen (secondary N) is 1. The molecule has 0 fully saturated rings. The van der Waals surface area contributed by atoms with E-state index < -0.39 is 0 Å². The van der Waals surface area contributed by atoms with Gasteiger partial charge in [0.1, 0.15) is 0 Å². The van der Waals surface area contributed by atoms with E-state index in [0.29, 0.717) is 12.0 Å². The lowest BCUT2D eigenvalue weighted by Crippen LogP contribution is -2.38. The molecule has 1 rings (SSSR count). The number of carbonyl (C=O) groups is 2. The molecule has 0 bridgehead atoms. The number of carbonyl (C=O) groups excluding carboxylic acids is 2. The number of hydrogen-bond acceptors (Lipinski definition) is 3. The van der Waals surface area contributed by atoms with Crippen LogP contribution < -0.4 is 5.32 Å². The van der Waals surface area contributed by atoms with Gasteiger partial charge in [0, 0.05) is 39.3 Å². The summed E-state index contributed by atoms with van der Waals surface area (Å²) >= 11 is 0. The highest BCUT2D eigenvalue weighted by Crippen LogP contribution is 2.12. The van der Waals surface area contributed by atoms with Crippen LogP contribution in [-0.2, 0) is 11.3 Å². The third kappa shape index (κ3) is 3.82. The van der Waals surface area contributed by atoms with Gasteiger partial charge < -0.3 is 10.2 Å². The van der Waals surface area contributed by atoms with E-state index in [1.54, 1.807) is 29.9 Å². The van der Waals surface area contributed by atoms with Crippen molar-refractivity contribution in [3.63, 3.8) is 0 Å². The first-order valence-corrected chi connectivity index (χ1v) is 6.92. The van der Waals surface area contributed by atoms with Crippen LogP contribution in [0.2, 0.25) is 0 Å². The Balaban J connectivity index is 2.80. The fraction of sp³-hybridized carbons (Fsp3) is 0.643. The minimum atomic E-state index is -0.156. The SMILES string of the molecule is CCCn1cc(C(=O)N(C)[C@@H](C)CC(=O)NC)c(C)n1. The summed E-state index contributed by atoms with van der Waals surface area (Å²) in [4.78, 5) is 25.4. The molecule has 6 nitrogen and oxygen atoms in total. The minimum Gasteiger partial charge on any atom is -0.359 e. The van der Waals surface area contributed by atoms with Gasteiger partial charge in [-0.25, -0.2) is 0 Å². The second-order valence-corrected chi connectivity index (χ2v) is 5.03. The van der Waals surface area contributed by atoms with Crippen molar-refractivity contribution in [3.05, 3.63) is 17.5 Å². The van der Waals surface area contributed by atoms with E-state index in [4.69, 9.17) is 0 Å². The second-order valence-electron chi connectivity index (χ2n) is 5.03. The number of aromatic nitrogens is 2. The normalized spacial score (nSPS) is 12.1. The first kappa shape index (κ1) is 16.2. The number of aryl methyl sites for hydroxylation is 2. The number of amides is 2. The van der Waals surface area contributed by atoms with Gasteiger partial charge in [-0.1, -0.05) is 6.92 Å². The van der Waals surface area contributed by atoms with E-state index in [9.17, 15) is 9.59 Å². The van der Waals surface area contributed by atoms with Gasteiger partial charge >= 0.3 is 0 Å². The zero-order valence-electron chi connectivity index (χ0n) is 12.9. The monoisotopic (exact) mass is 280 g/mol. The Morgan fingerprint density at radius 2 is 2.15 bits per heavy atom. The fourth-order valence-electron chi connectivity index (χ4n) is 1.97. The molecule has 0 saturated heterocycles. The summed E-state index contributed by atoms with van der Waals surface area (Å²) in [5, 5.41) is 6.90. The number of nitrogens with zero attached hydrogens (tertiary/aromatic N) is 3. The molecule has 0 aliphatic rings. The predicted molar refractivity (Wildman–Crippen MR) is 77.5 cm³/mol.